The maximum atomic E-state index is 5.65. The molecule has 2 unspecified atom stereocenters. The average Bonchev–Trinajstić information content (AvgIpc) is 2.90. The fourth-order valence-electron chi connectivity index (χ4n) is 3.18. The predicted octanol–water partition coefficient (Wildman–Crippen LogP) is 3.35. The van der Waals surface area contributed by atoms with Gasteiger partial charge in [0.2, 0.25) is 0 Å². The summed E-state index contributed by atoms with van der Waals surface area (Å²) in [4.78, 5) is 8.49. The summed E-state index contributed by atoms with van der Waals surface area (Å²) in [5.41, 5.74) is 7.87. The van der Waals surface area contributed by atoms with Gasteiger partial charge in [0, 0.05) is 18.3 Å². The lowest BCUT2D eigenvalue weighted by molar-refractivity contribution is 0.229. The number of nitrogens with zero attached hydrogens (tertiary/aromatic N) is 3. The van der Waals surface area contributed by atoms with Gasteiger partial charge in [0.15, 0.2) is 0 Å². The quantitative estimate of drug-likeness (QED) is 0.930. The van der Waals surface area contributed by atoms with Crippen molar-refractivity contribution in [1.29, 1.82) is 0 Å². The predicted molar refractivity (Wildman–Crippen MR) is 81.0 cm³/mol. The molecule has 2 heterocycles. The van der Waals surface area contributed by atoms with Gasteiger partial charge in [-0.3, -0.25) is 0 Å². The number of hydrogen-bond donors (Lipinski definition) is 1. The Morgan fingerprint density at radius 2 is 2.10 bits per heavy atom. The summed E-state index contributed by atoms with van der Waals surface area (Å²) in [6.45, 7) is 3.44. The van der Waals surface area contributed by atoms with E-state index in [0.717, 1.165) is 29.6 Å². The summed E-state index contributed by atoms with van der Waals surface area (Å²) in [5.74, 6) is 2.13. The third kappa shape index (κ3) is 2.69. The second-order valence-electron chi connectivity index (χ2n) is 5.92. The number of aromatic nitrogens is 3. The molecule has 0 aromatic carbocycles. The van der Waals surface area contributed by atoms with Crippen molar-refractivity contribution in [3.8, 4) is 11.3 Å². The van der Waals surface area contributed by atoms with Crippen molar-refractivity contribution in [2.24, 2.45) is 11.8 Å². The van der Waals surface area contributed by atoms with E-state index in [0.29, 0.717) is 5.82 Å². The van der Waals surface area contributed by atoms with E-state index >= 15 is 0 Å². The molecule has 0 saturated heterocycles. The van der Waals surface area contributed by atoms with Crippen LogP contribution < -0.4 is 5.73 Å². The molecular weight excluding hydrogens is 248 g/mol. The molecule has 1 aliphatic carbocycles. The third-order valence-electron chi connectivity index (χ3n) is 4.51. The summed E-state index contributed by atoms with van der Waals surface area (Å²) in [7, 11) is 0. The van der Waals surface area contributed by atoms with Gasteiger partial charge < -0.3 is 10.3 Å². The van der Waals surface area contributed by atoms with Crippen LogP contribution in [0.4, 0.5) is 5.82 Å². The van der Waals surface area contributed by atoms with E-state index in [9.17, 15) is 0 Å². The first-order valence-corrected chi connectivity index (χ1v) is 7.46. The van der Waals surface area contributed by atoms with Gasteiger partial charge in [-0.1, -0.05) is 26.2 Å². The molecule has 20 heavy (non-hydrogen) atoms. The molecule has 0 spiro atoms. The first kappa shape index (κ1) is 13.2. The lowest BCUT2D eigenvalue weighted by atomic mass is 9.80. The van der Waals surface area contributed by atoms with Crippen LogP contribution in [-0.4, -0.2) is 14.5 Å². The zero-order valence-corrected chi connectivity index (χ0v) is 12.0. The highest BCUT2D eigenvalue weighted by molar-refractivity contribution is 5.59. The van der Waals surface area contributed by atoms with Crippen molar-refractivity contribution < 1.29 is 0 Å². The van der Waals surface area contributed by atoms with Crippen molar-refractivity contribution >= 4 is 5.82 Å². The molecule has 2 aromatic heterocycles. The highest BCUT2D eigenvalue weighted by Crippen LogP contribution is 2.32. The first-order valence-electron chi connectivity index (χ1n) is 7.46. The van der Waals surface area contributed by atoms with Crippen LogP contribution in [0.15, 0.2) is 30.9 Å². The van der Waals surface area contributed by atoms with Crippen molar-refractivity contribution in [3.05, 3.63) is 30.9 Å². The summed E-state index contributed by atoms with van der Waals surface area (Å²) in [5, 5.41) is 0. The van der Waals surface area contributed by atoms with Gasteiger partial charge in [-0.2, -0.15) is 0 Å². The van der Waals surface area contributed by atoms with Gasteiger partial charge in [-0.25, -0.2) is 9.97 Å². The van der Waals surface area contributed by atoms with Gasteiger partial charge in [0.05, 0.1) is 18.2 Å². The van der Waals surface area contributed by atoms with Crippen LogP contribution in [0.3, 0.4) is 0 Å². The number of imidazole rings is 1. The highest BCUT2D eigenvalue weighted by Gasteiger charge is 2.22. The number of hydrogen-bond acceptors (Lipinski definition) is 3. The fraction of sp³-hybridized carbons (Fsp3) is 0.500. The SMILES string of the molecule is CC1CCCCC1Cn1cncc1-c1ccc(N)nc1. The average molecular weight is 270 g/mol. The van der Waals surface area contributed by atoms with Gasteiger partial charge in [0.1, 0.15) is 5.82 Å². The minimum atomic E-state index is 0.556. The van der Waals surface area contributed by atoms with Crippen LogP contribution >= 0.6 is 0 Å². The van der Waals surface area contributed by atoms with E-state index in [1.165, 1.54) is 25.7 Å². The van der Waals surface area contributed by atoms with Gasteiger partial charge in [-0.15, -0.1) is 0 Å². The topological polar surface area (TPSA) is 56.7 Å². The Bertz CT molecular complexity index is 558. The van der Waals surface area contributed by atoms with E-state index in [2.05, 4.69) is 21.5 Å². The highest BCUT2D eigenvalue weighted by atomic mass is 15.0. The fourth-order valence-corrected chi connectivity index (χ4v) is 3.18. The molecule has 3 rings (SSSR count). The van der Waals surface area contributed by atoms with Gasteiger partial charge in [-0.05, 0) is 30.4 Å². The number of rotatable bonds is 3. The zero-order chi connectivity index (χ0) is 13.9. The first-order chi connectivity index (χ1) is 9.74. The molecule has 106 valence electrons. The maximum Gasteiger partial charge on any atom is 0.123 e. The molecule has 0 aliphatic heterocycles. The zero-order valence-electron chi connectivity index (χ0n) is 12.0. The smallest absolute Gasteiger partial charge is 0.123 e. The molecular formula is C16H22N4. The molecule has 0 radical (unpaired) electrons. The number of anilines is 1. The lowest BCUT2D eigenvalue weighted by Crippen LogP contribution is -2.22. The van der Waals surface area contributed by atoms with Crippen LogP contribution in [0.1, 0.15) is 32.6 Å². The largest absolute Gasteiger partial charge is 0.384 e. The summed E-state index contributed by atoms with van der Waals surface area (Å²) in [6.07, 6.45) is 11.1. The van der Waals surface area contributed by atoms with E-state index in [1.54, 1.807) is 0 Å². The van der Waals surface area contributed by atoms with Crippen molar-refractivity contribution in [3.63, 3.8) is 0 Å². The Kier molecular flexibility index (Phi) is 3.72. The van der Waals surface area contributed by atoms with Crippen LogP contribution in [0.2, 0.25) is 0 Å². The molecule has 2 atom stereocenters. The van der Waals surface area contributed by atoms with E-state index < -0.39 is 0 Å². The Hall–Kier alpha value is -1.84. The summed E-state index contributed by atoms with van der Waals surface area (Å²) < 4.78 is 2.26. The third-order valence-corrected chi connectivity index (χ3v) is 4.51. The van der Waals surface area contributed by atoms with Gasteiger partial charge >= 0.3 is 0 Å². The van der Waals surface area contributed by atoms with Crippen molar-refractivity contribution in [1.82, 2.24) is 14.5 Å². The second-order valence-corrected chi connectivity index (χ2v) is 5.92. The monoisotopic (exact) mass is 270 g/mol. The molecule has 1 aliphatic rings. The van der Waals surface area contributed by atoms with Gasteiger partial charge in [0.25, 0.3) is 0 Å². The number of pyridine rings is 1. The Morgan fingerprint density at radius 1 is 1.25 bits per heavy atom. The molecule has 0 bridgehead atoms. The van der Waals surface area contributed by atoms with Crippen LogP contribution in [0.25, 0.3) is 11.3 Å². The van der Waals surface area contributed by atoms with Crippen molar-refractivity contribution in [2.75, 3.05) is 5.73 Å². The molecule has 2 aromatic rings. The van der Waals surface area contributed by atoms with E-state index in [1.807, 2.05) is 30.9 Å². The minimum absolute atomic E-state index is 0.556. The Balaban J connectivity index is 1.81. The van der Waals surface area contributed by atoms with Crippen LogP contribution in [0.5, 0.6) is 0 Å². The lowest BCUT2D eigenvalue weighted by Gasteiger charge is -2.29. The standard InChI is InChI=1S/C16H22N4/c1-12-4-2-3-5-14(12)10-20-11-18-9-15(20)13-6-7-16(17)19-8-13/h6-9,11-12,14H,2-5,10H2,1H3,(H2,17,19). The summed E-state index contributed by atoms with van der Waals surface area (Å²) >= 11 is 0. The summed E-state index contributed by atoms with van der Waals surface area (Å²) in [6, 6.07) is 3.86. The normalized spacial score (nSPS) is 22.9. The number of nitrogens with two attached hydrogens (primary N) is 1. The second kappa shape index (κ2) is 5.65. The molecule has 4 heteroatoms. The van der Waals surface area contributed by atoms with Crippen LogP contribution in [-0.2, 0) is 6.54 Å². The molecule has 4 nitrogen and oxygen atoms in total. The Labute approximate surface area is 120 Å². The van der Waals surface area contributed by atoms with Crippen molar-refractivity contribution in [2.45, 2.75) is 39.2 Å². The maximum absolute atomic E-state index is 5.65. The molecule has 2 N–H and O–H groups in total. The van der Waals surface area contributed by atoms with Crippen LogP contribution in [0, 0.1) is 11.8 Å². The molecule has 1 fully saturated rings. The molecule has 1 saturated carbocycles. The van der Waals surface area contributed by atoms with E-state index in [4.69, 9.17) is 5.73 Å². The van der Waals surface area contributed by atoms with E-state index in [-0.39, 0.29) is 0 Å². The molecule has 0 amide bonds. The Morgan fingerprint density at radius 3 is 2.85 bits per heavy atom. The minimum Gasteiger partial charge on any atom is -0.384 e. The number of nitrogen functional groups attached to an aromatic ring is 1.